The molecule has 1 fully saturated rings. The molecule has 0 saturated carbocycles. The van der Waals surface area contributed by atoms with Crippen LogP contribution in [0, 0.1) is 5.92 Å². The zero-order valence-corrected chi connectivity index (χ0v) is 12.5. The predicted molar refractivity (Wildman–Crippen MR) is 82.4 cm³/mol. The summed E-state index contributed by atoms with van der Waals surface area (Å²) in [7, 11) is 0. The average molecular weight is 305 g/mol. The molecule has 1 aliphatic rings. The molecule has 1 aromatic carbocycles. The molecule has 21 heavy (non-hydrogen) atoms. The van der Waals surface area contributed by atoms with Gasteiger partial charge in [-0.3, -0.25) is 4.79 Å². The van der Waals surface area contributed by atoms with Gasteiger partial charge in [0.25, 0.3) is 5.91 Å². The smallest absolute Gasteiger partial charge is 0.256 e. The highest BCUT2D eigenvalue weighted by Crippen LogP contribution is 2.26. The minimum Gasteiger partial charge on any atom is -0.393 e. The third-order valence-electron chi connectivity index (χ3n) is 4.12. The molecule has 3 rings (SSSR count). The van der Waals surface area contributed by atoms with Crippen molar-refractivity contribution in [3.05, 3.63) is 41.2 Å². The van der Waals surface area contributed by atoms with Crippen molar-refractivity contribution in [2.24, 2.45) is 5.92 Å². The van der Waals surface area contributed by atoms with E-state index in [0.29, 0.717) is 30.2 Å². The summed E-state index contributed by atoms with van der Waals surface area (Å²) in [5.74, 6) is 0.0448. The lowest BCUT2D eigenvalue weighted by molar-refractivity contribution is 0.0298. The van der Waals surface area contributed by atoms with Crippen LogP contribution in [-0.2, 0) is 0 Å². The zero-order valence-electron chi connectivity index (χ0n) is 11.8. The summed E-state index contributed by atoms with van der Waals surface area (Å²) in [5.41, 5.74) is 0.568. The number of aliphatic hydroxyl groups is 1. The molecule has 110 valence electrons. The topological polar surface area (TPSA) is 53.4 Å². The van der Waals surface area contributed by atoms with Gasteiger partial charge in [0.2, 0.25) is 0 Å². The number of hydrogen-bond donors (Lipinski definition) is 1. The van der Waals surface area contributed by atoms with Crippen LogP contribution in [-0.4, -0.2) is 40.1 Å². The van der Waals surface area contributed by atoms with Crippen molar-refractivity contribution in [2.45, 2.75) is 19.4 Å². The number of likely N-dealkylation sites (tertiary alicyclic amines) is 1. The van der Waals surface area contributed by atoms with Gasteiger partial charge in [-0.25, -0.2) is 4.98 Å². The van der Waals surface area contributed by atoms with Gasteiger partial charge in [0.15, 0.2) is 0 Å². The molecule has 0 bridgehead atoms. The lowest BCUT2D eigenvalue weighted by Crippen LogP contribution is -2.45. The molecule has 5 heteroatoms. The van der Waals surface area contributed by atoms with Gasteiger partial charge in [-0.15, -0.1) is 0 Å². The first-order valence-corrected chi connectivity index (χ1v) is 7.46. The SMILES string of the molecule is CC1CN(C(=O)c2cnc(Cl)c3ccccc23)CCC1O. The van der Waals surface area contributed by atoms with Crippen molar-refractivity contribution in [1.29, 1.82) is 0 Å². The van der Waals surface area contributed by atoms with E-state index in [2.05, 4.69) is 4.98 Å². The van der Waals surface area contributed by atoms with E-state index in [4.69, 9.17) is 11.6 Å². The fraction of sp³-hybridized carbons (Fsp3) is 0.375. The number of halogens is 1. The fourth-order valence-electron chi connectivity index (χ4n) is 2.82. The molecule has 4 nitrogen and oxygen atoms in total. The monoisotopic (exact) mass is 304 g/mol. The third-order valence-corrected chi connectivity index (χ3v) is 4.43. The first-order valence-electron chi connectivity index (χ1n) is 7.08. The normalized spacial score (nSPS) is 22.5. The van der Waals surface area contributed by atoms with Gasteiger partial charge in [0.1, 0.15) is 5.15 Å². The number of aromatic nitrogens is 1. The van der Waals surface area contributed by atoms with Crippen LogP contribution < -0.4 is 0 Å². The maximum absolute atomic E-state index is 12.7. The summed E-state index contributed by atoms with van der Waals surface area (Å²) in [6.07, 6.45) is 1.84. The van der Waals surface area contributed by atoms with Crippen LogP contribution in [0.5, 0.6) is 0 Å². The van der Waals surface area contributed by atoms with E-state index in [1.165, 1.54) is 0 Å². The van der Waals surface area contributed by atoms with Gasteiger partial charge in [-0.05, 0) is 17.7 Å². The van der Waals surface area contributed by atoms with Crippen LogP contribution >= 0.6 is 11.6 Å². The second-order valence-electron chi connectivity index (χ2n) is 5.59. The molecule has 2 aromatic rings. The number of carbonyl (C=O) groups is 1. The Morgan fingerprint density at radius 3 is 2.81 bits per heavy atom. The van der Waals surface area contributed by atoms with Gasteiger partial charge in [-0.1, -0.05) is 42.8 Å². The number of carbonyl (C=O) groups excluding carboxylic acids is 1. The Morgan fingerprint density at radius 1 is 1.38 bits per heavy atom. The maximum atomic E-state index is 12.7. The molecule has 1 aromatic heterocycles. The molecule has 0 spiro atoms. The Morgan fingerprint density at radius 2 is 2.10 bits per heavy atom. The summed E-state index contributed by atoms with van der Waals surface area (Å²) >= 11 is 6.09. The summed E-state index contributed by atoms with van der Waals surface area (Å²) in [5, 5.41) is 11.8. The van der Waals surface area contributed by atoms with Crippen LogP contribution in [0.2, 0.25) is 5.15 Å². The lowest BCUT2D eigenvalue weighted by Gasteiger charge is -2.34. The minimum absolute atomic E-state index is 0.0471. The molecular formula is C16H17ClN2O2. The molecule has 1 saturated heterocycles. The average Bonchev–Trinajstić information content (AvgIpc) is 2.50. The van der Waals surface area contributed by atoms with Gasteiger partial charge < -0.3 is 10.0 Å². The predicted octanol–water partition coefficient (Wildman–Crippen LogP) is 2.73. The Hall–Kier alpha value is -1.65. The number of rotatable bonds is 1. The molecule has 0 radical (unpaired) electrons. The second-order valence-corrected chi connectivity index (χ2v) is 5.95. The van der Waals surface area contributed by atoms with Crippen LogP contribution in [0.25, 0.3) is 10.8 Å². The fourth-order valence-corrected chi connectivity index (χ4v) is 3.03. The molecule has 1 N–H and O–H groups in total. The standard InChI is InChI=1S/C16H17ClN2O2/c1-10-9-19(7-6-14(10)20)16(21)13-8-18-15(17)12-5-3-2-4-11(12)13/h2-5,8,10,14,20H,6-7,9H2,1H3. The quantitative estimate of drug-likeness (QED) is 0.824. The van der Waals surface area contributed by atoms with E-state index in [1.807, 2.05) is 31.2 Å². The number of amides is 1. The Bertz CT molecular complexity index is 689. The number of nitrogens with zero attached hydrogens (tertiary/aromatic N) is 2. The van der Waals surface area contributed by atoms with E-state index in [0.717, 1.165) is 10.8 Å². The van der Waals surface area contributed by atoms with Crippen LogP contribution in [0.4, 0.5) is 0 Å². The number of benzene rings is 1. The van der Waals surface area contributed by atoms with E-state index in [1.54, 1.807) is 11.1 Å². The summed E-state index contributed by atoms with van der Waals surface area (Å²) < 4.78 is 0. The number of fused-ring (bicyclic) bond motifs is 1. The van der Waals surface area contributed by atoms with Gasteiger partial charge in [-0.2, -0.15) is 0 Å². The summed E-state index contributed by atoms with van der Waals surface area (Å²) in [6.45, 7) is 3.10. The molecule has 1 amide bonds. The number of pyridine rings is 1. The highest BCUT2D eigenvalue weighted by atomic mass is 35.5. The van der Waals surface area contributed by atoms with Crippen LogP contribution in [0.1, 0.15) is 23.7 Å². The Balaban J connectivity index is 1.97. The number of piperidine rings is 1. The van der Waals surface area contributed by atoms with Crippen molar-refractivity contribution in [3.8, 4) is 0 Å². The molecule has 2 unspecified atom stereocenters. The molecule has 2 atom stereocenters. The van der Waals surface area contributed by atoms with Gasteiger partial charge in [0, 0.05) is 24.7 Å². The Kier molecular flexibility index (Phi) is 3.83. The highest BCUT2D eigenvalue weighted by molar-refractivity contribution is 6.34. The molecule has 2 heterocycles. The van der Waals surface area contributed by atoms with Crippen molar-refractivity contribution in [1.82, 2.24) is 9.88 Å². The van der Waals surface area contributed by atoms with E-state index in [9.17, 15) is 9.90 Å². The van der Waals surface area contributed by atoms with Gasteiger partial charge in [0.05, 0.1) is 11.7 Å². The van der Waals surface area contributed by atoms with Crippen LogP contribution in [0.3, 0.4) is 0 Å². The maximum Gasteiger partial charge on any atom is 0.256 e. The third kappa shape index (κ3) is 2.61. The van der Waals surface area contributed by atoms with E-state index >= 15 is 0 Å². The van der Waals surface area contributed by atoms with Crippen molar-refractivity contribution >= 4 is 28.3 Å². The molecule has 0 aliphatic carbocycles. The Labute approximate surface area is 128 Å². The van der Waals surface area contributed by atoms with E-state index < -0.39 is 0 Å². The van der Waals surface area contributed by atoms with Crippen molar-refractivity contribution in [2.75, 3.05) is 13.1 Å². The number of aliphatic hydroxyl groups excluding tert-OH is 1. The molecular weight excluding hydrogens is 288 g/mol. The van der Waals surface area contributed by atoms with Crippen molar-refractivity contribution in [3.63, 3.8) is 0 Å². The first kappa shape index (κ1) is 14.3. The molecule has 1 aliphatic heterocycles. The minimum atomic E-state index is -0.325. The zero-order chi connectivity index (χ0) is 15.0. The van der Waals surface area contributed by atoms with Gasteiger partial charge >= 0.3 is 0 Å². The highest BCUT2D eigenvalue weighted by Gasteiger charge is 2.28. The summed E-state index contributed by atoms with van der Waals surface area (Å²) in [6, 6.07) is 7.52. The largest absolute Gasteiger partial charge is 0.393 e. The second kappa shape index (κ2) is 5.62. The lowest BCUT2D eigenvalue weighted by atomic mass is 9.96. The van der Waals surface area contributed by atoms with Crippen LogP contribution in [0.15, 0.2) is 30.5 Å². The van der Waals surface area contributed by atoms with E-state index in [-0.39, 0.29) is 17.9 Å². The first-order chi connectivity index (χ1) is 10.1. The summed E-state index contributed by atoms with van der Waals surface area (Å²) in [4.78, 5) is 18.7. The van der Waals surface area contributed by atoms with Crippen molar-refractivity contribution < 1.29 is 9.90 Å². The number of hydrogen-bond acceptors (Lipinski definition) is 3.